The van der Waals surface area contributed by atoms with E-state index in [9.17, 15) is 13.0 Å². The first-order valence-corrected chi connectivity index (χ1v) is 10.4. The van der Waals surface area contributed by atoms with Gasteiger partial charge < -0.3 is 20.9 Å². The number of quaternary nitrogens is 1. The van der Waals surface area contributed by atoms with Gasteiger partial charge in [-0.05, 0) is 58.2 Å². The van der Waals surface area contributed by atoms with E-state index in [0.717, 1.165) is 24.2 Å². The molecule has 0 aliphatic carbocycles. The van der Waals surface area contributed by atoms with Crippen molar-refractivity contribution in [1.82, 2.24) is 0 Å². The number of nitrogen functional groups attached to an aromatic ring is 2. The summed E-state index contributed by atoms with van der Waals surface area (Å²) in [6.45, 7) is 14.1. The van der Waals surface area contributed by atoms with Crippen molar-refractivity contribution in [2.24, 2.45) is 0 Å². The molecule has 0 aliphatic heterocycles. The molecular weight excluding hydrogens is 338 g/mol. The maximum atomic E-state index is 10.5. The van der Waals surface area contributed by atoms with Gasteiger partial charge in [0.1, 0.15) is 10.1 Å². The summed E-state index contributed by atoms with van der Waals surface area (Å²) in [7, 11) is -4.51. The van der Waals surface area contributed by atoms with Gasteiger partial charge in [-0.3, -0.25) is 0 Å². The van der Waals surface area contributed by atoms with Crippen molar-refractivity contribution in [3.05, 3.63) is 18.2 Å². The second kappa shape index (κ2) is 10.6. The smallest absolute Gasteiger partial charge is 0.126 e. The molecule has 0 radical (unpaired) electrons. The Kier molecular flexibility index (Phi) is 10.1. The van der Waals surface area contributed by atoms with Crippen LogP contribution < -0.4 is 16.4 Å². The van der Waals surface area contributed by atoms with Crippen LogP contribution in [0.1, 0.15) is 60.8 Å². The molecule has 7 heteroatoms. The summed E-state index contributed by atoms with van der Waals surface area (Å²) in [5.74, 6) is 0. The van der Waals surface area contributed by atoms with Crippen LogP contribution in [0.15, 0.2) is 23.1 Å². The van der Waals surface area contributed by atoms with Crippen LogP contribution in [0, 0.1) is 0 Å². The van der Waals surface area contributed by atoms with Crippen molar-refractivity contribution in [2.75, 3.05) is 11.5 Å². The van der Waals surface area contributed by atoms with E-state index in [2.05, 4.69) is 41.5 Å². The molecule has 1 aromatic rings. The Morgan fingerprint density at radius 2 is 1.36 bits per heavy atom. The zero-order valence-corrected chi connectivity index (χ0v) is 17.2. The predicted octanol–water partition coefficient (Wildman–Crippen LogP) is 2.02. The van der Waals surface area contributed by atoms with Crippen LogP contribution in [0.2, 0.25) is 0 Å². The molecule has 0 saturated heterocycles. The molecule has 146 valence electrons. The molecule has 0 aromatic heterocycles. The van der Waals surface area contributed by atoms with Crippen molar-refractivity contribution >= 4 is 21.5 Å². The summed E-state index contributed by atoms with van der Waals surface area (Å²) in [5, 5.41) is 0. The first kappa shape index (κ1) is 23.7. The number of anilines is 2. The van der Waals surface area contributed by atoms with Crippen molar-refractivity contribution in [3.8, 4) is 0 Å². The summed E-state index contributed by atoms with van der Waals surface area (Å²) in [6, 6.07) is 6.17. The lowest BCUT2D eigenvalue weighted by molar-refractivity contribution is -0.968. The lowest BCUT2D eigenvalue weighted by Crippen LogP contribution is -3.21. The molecule has 1 rings (SSSR count). The Labute approximate surface area is 153 Å². The molecule has 0 amide bonds. The molecule has 0 bridgehead atoms. The predicted molar refractivity (Wildman–Crippen MR) is 103 cm³/mol. The van der Waals surface area contributed by atoms with Gasteiger partial charge in [0, 0.05) is 11.4 Å². The summed E-state index contributed by atoms with van der Waals surface area (Å²) in [6.07, 6.45) is 3.89. The molecule has 1 aromatic carbocycles. The largest absolute Gasteiger partial charge is 0.744 e. The van der Waals surface area contributed by atoms with E-state index in [1.807, 2.05) is 0 Å². The zero-order valence-electron chi connectivity index (χ0n) is 16.4. The monoisotopic (exact) mass is 373 g/mol. The minimum atomic E-state index is -4.51. The quantitative estimate of drug-likeness (QED) is 0.500. The number of hydrogen-bond donors (Lipinski definition) is 3. The molecule has 6 nitrogen and oxygen atoms in total. The van der Waals surface area contributed by atoms with Crippen LogP contribution in [0.5, 0.6) is 0 Å². The van der Waals surface area contributed by atoms with Gasteiger partial charge in [-0.15, -0.1) is 0 Å². The van der Waals surface area contributed by atoms with Gasteiger partial charge in [-0.2, -0.15) is 0 Å². The van der Waals surface area contributed by atoms with E-state index >= 15 is 0 Å². The summed E-state index contributed by atoms with van der Waals surface area (Å²) in [4.78, 5) is 1.33. The lowest BCUT2D eigenvalue weighted by atomic mass is 10.1. The van der Waals surface area contributed by atoms with E-state index in [4.69, 9.17) is 11.5 Å². The van der Waals surface area contributed by atoms with Gasteiger partial charge in [0.05, 0.1) is 23.0 Å². The molecule has 0 fully saturated rings. The van der Waals surface area contributed by atoms with Crippen LogP contribution >= 0.6 is 0 Å². The molecule has 0 spiro atoms. The first-order valence-electron chi connectivity index (χ1n) is 8.96. The van der Waals surface area contributed by atoms with E-state index < -0.39 is 15.0 Å². The molecule has 3 unspecified atom stereocenters. The summed E-state index contributed by atoms with van der Waals surface area (Å²) >= 11 is 0. The number of nitrogens with one attached hydrogen (secondary N) is 1. The second-order valence-corrected chi connectivity index (χ2v) is 8.03. The van der Waals surface area contributed by atoms with Crippen molar-refractivity contribution in [2.45, 2.75) is 83.8 Å². The van der Waals surface area contributed by atoms with Crippen LogP contribution in [0.25, 0.3) is 0 Å². The lowest BCUT2D eigenvalue weighted by Gasteiger charge is -2.35. The van der Waals surface area contributed by atoms with Crippen LogP contribution in [0.3, 0.4) is 0 Å². The summed E-state index contributed by atoms with van der Waals surface area (Å²) < 4.78 is 31.5. The standard InChI is InChI=1S/C12H27N.C6H8N2O3S/c1-7-10(4)13(11(5)8-2)12(6)9-3;7-4-1-2-5(8)6(3-4)12(9,10)11/h10-12H,7-9H2,1-6H3;1-3H,7-8H2,(H,9,10,11). The minimum absolute atomic E-state index is 0.0841. The molecule has 25 heavy (non-hydrogen) atoms. The first-order chi connectivity index (χ1) is 11.5. The van der Waals surface area contributed by atoms with Crippen LogP contribution in [-0.2, 0) is 10.1 Å². The van der Waals surface area contributed by atoms with Crippen molar-refractivity contribution in [1.29, 1.82) is 0 Å². The van der Waals surface area contributed by atoms with E-state index in [1.165, 1.54) is 31.4 Å². The fourth-order valence-corrected chi connectivity index (χ4v) is 3.57. The highest BCUT2D eigenvalue weighted by atomic mass is 32.2. The summed E-state index contributed by atoms with van der Waals surface area (Å²) in [5.41, 5.74) is 10.6. The SMILES string of the molecule is CCC(C)[NH+](C(C)CC)C(C)CC.Nc1ccc(N)c(S(=O)(=O)[O-])c1. The number of benzene rings is 1. The third-order valence-corrected chi connectivity index (χ3v) is 5.74. The van der Waals surface area contributed by atoms with E-state index in [1.54, 1.807) is 4.90 Å². The Morgan fingerprint density at radius 1 is 0.960 bits per heavy atom. The van der Waals surface area contributed by atoms with Gasteiger partial charge in [0.2, 0.25) is 0 Å². The highest BCUT2D eigenvalue weighted by Crippen LogP contribution is 2.20. The number of rotatable bonds is 7. The number of hydrogen-bond acceptors (Lipinski definition) is 5. The number of nitrogens with two attached hydrogens (primary N) is 2. The highest BCUT2D eigenvalue weighted by molar-refractivity contribution is 7.86. The van der Waals surface area contributed by atoms with Crippen LogP contribution in [0.4, 0.5) is 11.4 Å². The fraction of sp³-hybridized carbons (Fsp3) is 0.667. The highest BCUT2D eigenvalue weighted by Gasteiger charge is 2.25. The zero-order chi connectivity index (χ0) is 19.8. The molecule has 0 aliphatic rings. The maximum Gasteiger partial charge on any atom is 0.126 e. The molecule has 3 atom stereocenters. The third kappa shape index (κ3) is 7.63. The Hall–Kier alpha value is -1.31. The molecule has 5 N–H and O–H groups in total. The average molecular weight is 374 g/mol. The molecule has 0 heterocycles. The van der Waals surface area contributed by atoms with Crippen LogP contribution in [-0.4, -0.2) is 31.1 Å². The van der Waals surface area contributed by atoms with Gasteiger partial charge in [0.15, 0.2) is 0 Å². The fourth-order valence-electron chi connectivity index (χ4n) is 2.93. The molecule has 0 saturated carbocycles. The van der Waals surface area contributed by atoms with Gasteiger partial charge in [-0.25, -0.2) is 8.42 Å². The average Bonchev–Trinajstić information content (AvgIpc) is 2.56. The minimum Gasteiger partial charge on any atom is -0.744 e. The van der Waals surface area contributed by atoms with Gasteiger partial charge in [0.25, 0.3) is 0 Å². The Morgan fingerprint density at radius 3 is 1.64 bits per heavy atom. The third-order valence-electron chi connectivity index (χ3n) is 4.85. The Bertz CT molecular complexity index is 596. The molecular formula is C18H35N3O3S. The van der Waals surface area contributed by atoms with Crippen molar-refractivity contribution in [3.63, 3.8) is 0 Å². The maximum absolute atomic E-state index is 10.5. The normalized spacial score (nSPS) is 16.3. The Balaban J connectivity index is 0.000000462. The van der Waals surface area contributed by atoms with Gasteiger partial charge >= 0.3 is 0 Å². The second-order valence-electron chi connectivity index (χ2n) is 6.68. The topological polar surface area (TPSA) is 114 Å². The van der Waals surface area contributed by atoms with Crippen molar-refractivity contribution < 1.29 is 17.9 Å². The van der Waals surface area contributed by atoms with E-state index in [0.29, 0.717) is 0 Å². The van der Waals surface area contributed by atoms with Gasteiger partial charge in [-0.1, -0.05) is 20.8 Å². The van der Waals surface area contributed by atoms with E-state index in [-0.39, 0.29) is 11.4 Å².